The van der Waals surface area contributed by atoms with E-state index in [-0.39, 0.29) is 23.6 Å². The number of carbonyl (C=O) groups is 2. The maximum atomic E-state index is 13.1. The van der Waals surface area contributed by atoms with Gasteiger partial charge in [-0.15, -0.1) is 0 Å². The molecule has 2 aliphatic heterocycles. The Kier molecular flexibility index (Phi) is 7.41. The lowest BCUT2D eigenvalue weighted by Crippen LogP contribution is -2.27. The molecule has 2 aromatic rings. The van der Waals surface area contributed by atoms with Crippen LogP contribution in [-0.4, -0.2) is 30.8 Å². The van der Waals surface area contributed by atoms with Gasteiger partial charge in [0.05, 0.1) is 5.56 Å². The summed E-state index contributed by atoms with van der Waals surface area (Å²) in [5.41, 5.74) is 3.34. The van der Waals surface area contributed by atoms with Gasteiger partial charge in [-0.05, 0) is 62.9 Å². The first-order valence-electron chi connectivity index (χ1n) is 12.2. The number of hydrogen-bond acceptors (Lipinski definition) is 4. The monoisotopic (exact) mass is 433 g/mol. The summed E-state index contributed by atoms with van der Waals surface area (Å²) in [6.07, 6.45) is 6.57. The smallest absolute Gasteiger partial charge is 0.166 e. The van der Waals surface area contributed by atoms with Crippen molar-refractivity contribution in [1.82, 2.24) is 5.32 Å². The lowest BCUT2D eigenvalue weighted by Gasteiger charge is -2.22. The Morgan fingerprint density at radius 1 is 1.03 bits per heavy atom. The number of unbranched alkanes of at least 4 members (excludes halogenated alkanes) is 1. The fourth-order valence-electron chi connectivity index (χ4n) is 5.22. The molecule has 1 fully saturated rings. The second-order valence-corrected chi connectivity index (χ2v) is 9.29. The number of rotatable bonds is 9. The molecule has 1 saturated heterocycles. The van der Waals surface area contributed by atoms with Crippen LogP contribution in [-0.2, 0) is 0 Å². The van der Waals surface area contributed by atoms with Gasteiger partial charge in [0.15, 0.2) is 11.6 Å². The summed E-state index contributed by atoms with van der Waals surface area (Å²) in [5, 5.41) is 3.41. The van der Waals surface area contributed by atoms with Gasteiger partial charge < -0.3 is 10.1 Å². The first-order chi connectivity index (χ1) is 15.6. The summed E-state index contributed by atoms with van der Waals surface area (Å²) in [6.45, 7) is 6.14. The number of carbonyl (C=O) groups excluding carboxylic acids is 2. The molecule has 0 saturated carbocycles. The van der Waals surface area contributed by atoms with Gasteiger partial charge in [-0.3, -0.25) is 9.59 Å². The normalized spacial score (nSPS) is 20.6. The number of benzene rings is 2. The molecule has 0 bridgehead atoms. The Labute approximate surface area is 191 Å². The van der Waals surface area contributed by atoms with Crippen LogP contribution in [0, 0.1) is 5.92 Å². The zero-order chi connectivity index (χ0) is 22.5. The minimum Gasteiger partial charge on any atom is -0.489 e. The van der Waals surface area contributed by atoms with Crippen molar-refractivity contribution in [1.29, 1.82) is 0 Å². The van der Waals surface area contributed by atoms with Gasteiger partial charge in [0.25, 0.3) is 0 Å². The molecule has 2 aromatic carbocycles. The Morgan fingerprint density at radius 2 is 1.78 bits per heavy atom. The lowest BCUT2D eigenvalue weighted by molar-refractivity contribution is 0.0978. The summed E-state index contributed by atoms with van der Waals surface area (Å²) >= 11 is 0. The van der Waals surface area contributed by atoms with E-state index >= 15 is 0 Å². The molecule has 4 nitrogen and oxygen atoms in total. The lowest BCUT2D eigenvalue weighted by atomic mass is 9.85. The van der Waals surface area contributed by atoms with Gasteiger partial charge in [-0.25, -0.2) is 0 Å². The van der Waals surface area contributed by atoms with E-state index < -0.39 is 0 Å². The van der Waals surface area contributed by atoms with E-state index in [2.05, 4.69) is 17.4 Å². The van der Waals surface area contributed by atoms with Crippen LogP contribution in [0.5, 0.6) is 5.75 Å². The molecule has 0 spiro atoms. The molecule has 2 heterocycles. The fourth-order valence-corrected chi connectivity index (χ4v) is 5.22. The third-order valence-corrected chi connectivity index (χ3v) is 7.05. The number of piperidine rings is 1. The first kappa shape index (κ1) is 22.7. The van der Waals surface area contributed by atoms with E-state index in [0.717, 1.165) is 43.0 Å². The zero-order valence-electron chi connectivity index (χ0n) is 19.4. The average molecular weight is 434 g/mol. The topological polar surface area (TPSA) is 55.4 Å². The maximum Gasteiger partial charge on any atom is 0.166 e. The van der Waals surface area contributed by atoms with E-state index in [1.54, 1.807) is 6.07 Å². The summed E-state index contributed by atoms with van der Waals surface area (Å²) in [6, 6.07) is 14.0. The second-order valence-electron chi connectivity index (χ2n) is 9.29. The average Bonchev–Trinajstić information content (AvgIpc) is 3.17. The fraction of sp³-hybridized carbons (Fsp3) is 0.500. The summed E-state index contributed by atoms with van der Waals surface area (Å²) in [7, 11) is 0. The van der Waals surface area contributed by atoms with Gasteiger partial charge in [0, 0.05) is 29.9 Å². The van der Waals surface area contributed by atoms with Crippen molar-refractivity contribution in [3.63, 3.8) is 0 Å². The Bertz CT molecular complexity index is 947. The van der Waals surface area contributed by atoms with Crippen molar-refractivity contribution < 1.29 is 14.3 Å². The molecule has 0 aromatic heterocycles. The summed E-state index contributed by atoms with van der Waals surface area (Å²) < 4.78 is 6.19. The van der Waals surface area contributed by atoms with Crippen molar-refractivity contribution in [3.8, 4) is 5.75 Å². The number of nitrogens with one attached hydrogen (secondary N) is 1. The van der Waals surface area contributed by atoms with Crippen LogP contribution in [0.15, 0.2) is 42.5 Å². The molecule has 0 radical (unpaired) electrons. The molecule has 2 aliphatic rings. The number of fused-ring (bicyclic) bond motifs is 1. The molecule has 0 aliphatic carbocycles. The molecule has 170 valence electrons. The Hall–Kier alpha value is -2.46. The molecule has 2 atom stereocenters. The maximum absolute atomic E-state index is 13.1. The molecular formula is C28H35NO3. The molecule has 4 rings (SSSR count). The number of ketones is 2. The highest BCUT2D eigenvalue weighted by Crippen LogP contribution is 2.45. The summed E-state index contributed by atoms with van der Waals surface area (Å²) in [5.74, 6) is 1.66. The van der Waals surface area contributed by atoms with Gasteiger partial charge >= 0.3 is 0 Å². The van der Waals surface area contributed by atoms with E-state index in [9.17, 15) is 9.59 Å². The quantitative estimate of drug-likeness (QED) is 0.393. The van der Waals surface area contributed by atoms with Gasteiger partial charge in [0.1, 0.15) is 11.9 Å². The van der Waals surface area contributed by atoms with Crippen LogP contribution in [0.2, 0.25) is 0 Å². The van der Waals surface area contributed by atoms with Crippen molar-refractivity contribution in [2.24, 2.45) is 5.92 Å². The van der Waals surface area contributed by atoms with Crippen LogP contribution < -0.4 is 10.1 Å². The predicted octanol–water partition coefficient (Wildman–Crippen LogP) is 5.93. The largest absolute Gasteiger partial charge is 0.489 e. The Balaban J connectivity index is 1.53. The van der Waals surface area contributed by atoms with Gasteiger partial charge in [0.2, 0.25) is 0 Å². The molecule has 0 unspecified atom stereocenters. The molecule has 4 heteroatoms. The number of ether oxygens (including phenoxy) is 1. The van der Waals surface area contributed by atoms with E-state index in [1.807, 2.05) is 38.1 Å². The third kappa shape index (κ3) is 4.96. The highest BCUT2D eigenvalue weighted by molar-refractivity contribution is 6.04. The van der Waals surface area contributed by atoms with Gasteiger partial charge in [-0.1, -0.05) is 50.1 Å². The van der Waals surface area contributed by atoms with Crippen molar-refractivity contribution in [2.75, 3.05) is 13.1 Å². The van der Waals surface area contributed by atoms with Crippen LogP contribution in [0.4, 0.5) is 0 Å². The second kappa shape index (κ2) is 10.4. The highest BCUT2D eigenvalue weighted by atomic mass is 16.5. The van der Waals surface area contributed by atoms with Crippen molar-refractivity contribution >= 4 is 11.6 Å². The predicted molar refractivity (Wildman–Crippen MR) is 128 cm³/mol. The molecule has 1 N–H and O–H groups in total. The van der Waals surface area contributed by atoms with Gasteiger partial charge in [-0.2, -0.15) is 0 Å². The van der Waals surface area contributed by atoms with Crippen molar-refractivity contribution in [3.05, 3.63) is 64.7 Å². The van der Waals surface area contributed by atoms with Crippen LogP contribution >= 0.6 is 0 Å². The highest BCUT2D eigenvalue weighted by Gasteiger charge is 2.36. The minimum absolute atomic E-state index is 0.0299. The zero-order valence-corrected chi connectivity index (χ0v) is 19.4. The van der Waals surface area contributed by atoms with Crippen molar-refractivity contribution in [2.45, 2.75) is 70.8 Å². The van der Waals surface area contributed by atoms with E-state index in [0.29, 0.717) is 29.7 Å². The number of Topliss-reactive ketones (excluding diaryl/α,β-unsaturated/α-hetero) is 2. The number of hydrogen-bond donors (Lipinski definition) is 1. The summed E-state index contributed by atoms with van der Waals surface area (Å²) in [4.78, 5) is 25.9. The minimum atomic E-state index is -0.0776. The van der Waals surface area contributed by atoms with Crippen LogP contribution in [0.1, 0.15) is 96.6 Å². The molecular weight excluding hydrogens is 398 g/mol. The van der Waals surface area contributed by atoms with Crippen LogP contribution in [0.3, 0.4) is 0 Å². The van der Waals surface area contributed by atoms with Crippen LogP contribution in [0.25, 0.3) is 0 Å². The first-order valence-corrected chi connectivity index (χ1v) is 12.2. The van der Waals surface area contributed by atoms with E-state index in [4.69, 9.17) is 4.74 Å². The molecule has 0 amide bonds. The third-order valence-electron chi connectivity index (χ3n) is 7.05. The molecule has 32 heavy (non-hydrogen) atoms. The SMILES string of the molecule is CCC(=O)c1cc(C(=O)CCCCC2CCNCC2)cc2c1O[C@@H](C)[C@@H]2c1ccccc1. The Morgan fingerprint density at radius 3 is 2.50 bits per heavy atom. The van der Waals surface area contributed by atoms with E-state index in [1.165, 1.54) is 19.3 Å². The standard InChI is InChI=1S/C28H35NO3/c1-3-25(30)23-17-22(26(31)12-8-7-9-20-13-15-29-16-14-20)18-24-27(19(2)32-28(23)24)21-10-5-4-6-11-21/h4-6,10-11,17-20,27,29H,3,7-9,12-16H2,1-2H3/t19-,27+/m0/s1.